The maximum absolute atomic E-state index is 13.6. The van der Waals surface area contributed by atoms with Crippen molar-refractivity contribution in [3.8, 4) is 5.75 Å². The Labute approximate surface area is 188 Å². The lowest BCUT2D eigenvalue weighted by atomic mass is 9.95. The Kier molecular flexibility index (Phi) is 5.56. The summed E-state index contributed by atoms with van der Waals surface area (Å²) in [4.78, 5) is 20.3. The van der Waals surface area contributed by atoms with E-state index >= 15 is 0 Å². The molecule has 5 heteroatoms. The van der Waals surface area contributed by atoms with Crippen molar-refractivity contribution in [2.45, 2.75) is 33.2 Å². The smallest absolute Gasteiger partial charge is 0.258 e. The molecule has 1 aliphatic heterocycles. The third kappa shape index (κ3) is 3.72. The molecule has 5 nitrogen and oxygen atoms in total. The molecule has 1 fully saturated rings. The first-order chi connectivity index (χ1) is 15.7. The number of benzene rings is 3. The normalized spacial score (nSPS) is 14.9. The molecule has 0 N–H and O–H groups in total. The Morgan fingerprint density at radius 2 is 1.78 bits per heavy atom. The molecule has 0 saturated carbocycles. The van der Waals surface area contributed by atoms with Gasteiger partial charge in [-0.2, -0.15) is 0 Å². The van der Waals surface area contributed by atoms with Crippen LogP contribution in [0.2, 0.25) is 0 Å². The summed E-state index contributed by atoms with van der Waals surface area (Å²) in [6.45, 7) is 7.06. The number of nitrogens with zero attached hydrogens (tertiary/aromatic N) is 3. The lowest BCUT2D eigenvalue weighted by Gasteiger charge is -2.33. The van der Waals surface area contributed by atoms with Gasteiger partial charge in [-0.25, -0.2) is 4.98 Å². The van der Waals surface area contributed by atoms with E-state index in [-0.39, 0.29) is 5.91 Å². The predicted octanol–water partition coefficient (Wildman–Crippen LogP) is 5.45. The number of likely N-dealkylation sites (tertiary alicyclic amines) is 1. The lowest BCUT2D eigenvalue weighted by Crippen LogP contribution is -2.39. The Hall–Kier alpha value is -3.34. The van der Waals surface area contributed by atoms with Crippen molar-refractivity contribution in [2.24, 2.45) is 5.92 Å². The van der Waals surface area contributed by atoms with Crippen LogP contribution in [0.25, 0.3) is 21.8 Å². The van der Waals surface area contributed by atoms with Gasteiger partial charge in [0.15, 0.2) is 0 Å². The fourth-order valence-corrected chi connectivity index (χ4v) is 4.91. The number of ether oxygens (including phenoxy) is 1. The van der Waals surface area contributed by atoms with Gasteiger partial charge in [0.1, 0.15) is 11.6 Å². The van der Waals surface area contributed by atoms with Gasteiger partial charge >= 0.3 is 0 Å². The number of para-hydroxylation sites is 2. The largest absolute Gasteiger partial charge is 0.493 e. The van der Waals surface area contributed by atoms with E-state index in [2.05, 4.69) is 29.7 Å². The molecule has 1 amide bonds. The summed E-state index contributed by atoms with van der Waals surface area (Å²) < 4.78 is 8.17. The maximum atomic E-state index is 13.6. The van der Waals surface area contributed by atoms with Gasteiger partial charge in [-0.1, -0.05) is 42.5 Å². The van der Waals surface area contributed by atoms with Crippen LogP contribution < -0.4 is 4.74 Å². The van der Waals surface area contributed by atoms with E-state index in [1.807, 2.05) is 54.3 Å². The molecule has 2 heterocycles. The Balaban J connectivity index is 1.34. The molecule has 1 aliphatic rings. The molecule has 0 atom stereocenters. The Bertz CT molecular complexity index is 1270. The zero-order chi connectivity index (χ0) is 22.1. The second kappa shape index (κ2) is 8.65. The van der Waals surface area contributed by atoms with Crippen LogP contribution in [0.4, 0.5) is 0 Å². The molecule has 0 bridgehead atoms. The highest BCUT2D eigenvalue weighted by atomic mass is 16.5. The summed E-state index contributed by atoms with van der Waals surface area (Å²) in [5.41, 5.74) is 2.94. The van der Waals surface area contributed by atoms with Gasteiger partial charge in [0.25, 0.3) is 5.91 Å². The van der Waals surface area contributed by atoms with Crippen LogP contribution in [-0.2, 0) is 6.54 Å². The number of amides is 1. The van der Waals surface area contributed by atoms with E-state index in [9.17, 15) is 4.79 Å². The number of rotatable bonds is 5. The zero-order valence-corrected chi connectivity index (χ0v) is 18.8. The van der Waals surface area contributed by atoms with Crippen LogP contribution in [0.15, 0.2) is 60.7 Å². The molecule has 3 aromatic carbocycles. The average Bonchev–Trinajstić information content (AvgIpc) is 3.14. The van der Waals surface area contributed by atoms with Crippen molar-refractivity contribution in [3.63, 3.8) is 0 Å². The van der Waals surface area contributed by atoms with Gasteiger partial charge in [-0.05, 0) is 61.6 Å². The molecule has 4 aromatic rings. The van der Waals surface area contributed by atoms with Crippen LogP contribution in [0, 0.1) is 12.8 Å². The molecule has 0 radical (unpaired) electrons. The SMILES string of the molecule is CCOc1ccc2ccccc2c1C(=O)N1CCC(Cn2c(C)nc3ccccc32)CC1. The highest BCUT2D eigenvalue weighted by Gasteiger charge is 2.27. The van der Waals surface area contributed by atoms with Crippen LogP contribution in [0.3, 0.4) is 0 Å². The molecule has 1 aromatic heterocycles. The summed E-state index contributed by atoms with van der Waals surface area (Å²) in [5.74, 6) is 2.35. The van der Waals surface area contributed by atoms with Crippen molar-refractivity contribution in [3.05, 3.63) is 72.1 Å². The molecule has 0 spiro atoms. The molecular weight excluding hydrogens is 398 g/mol. The first-order valence-corrected chi connectivity index (χ1v) is 11.5. The molecule has 5 rings (SSSR count). The topological polar surface area (TPSA) is 47.4 Å². The summed E-state index contributed by atoms with van der Waals surface area (Å²) in [5, 5.41) is 2.03. The number of piperidine rings is 1. The minimum Gasteiger partial charge on any atom is -0.493 e. The number of carbonyl (C=O) groups is 1. The molecule has 164 valence electrons. The van der Waals surface area contributed by atoms with E-state index in [0.717, 1.165) is 54.6 Å². The van der Waals surface area contributed by atoms with E-state index in [0.29, 0.717) is 23.8 Å². The number of carbonyl (C=O) groups excluding carboxylic acids is 1. The molecular formula is C27H29N3O2. The summed E-state index contributed by atoms with van der Waals surface area (Å²) in [6, 6.07) is 20.3. The van der Waals surface area contributed by atoms with Gasteiger partial charge < -0.3 is 14.2 Å². The zero-order valence-electron chi connectivity index (χ0n) is 18.8. The molecule has 32 heavy (non-hydrogen) atoms. The fourth-order valence-electron chi connectivity index (χ4n) is 4.91. The van der Waals surface area contributed by atoms with Crippen LogP contribution in [-0.4, -0.2) is 40.1 Å². The standard InChI is InChI=1S/C27H29N3O2/c1-3-32-25-13-12-21-8-4-5-9-22(21)26(25)27(31)29-16-14-20(15-17-29)18-30-19(2)28-23-10-6-7-11-24(23)30/h4-13,20H,3,14-18H2,1-2H3. The third-order valence-corrected chi connectivity index (χ3v) is 6.59. The van der Waals surface area contributed by atoms with Gasteiger partial charge in [-0.15, -0.1) is 0 Å². The average molecular weight is 428 g/mol. The highest BCUT2D eigenvalue weighted by molar-refractivity contribution is 6.09. The van der Waals surface area contributed by atoms with Gasteiger partial charge in [0.2, 0.25) is 0 Å². The van der Waals surface area contributed by atoms with Crippen molar-refractivity contribution >= 4 is 27.7 Å². The predicted molar refractivity (Wildman–Crippen MR) is 128 cm³/mol. The maximum Gasteiger partial charge on any atom is 0.258 e. The Morgan fingerprint density at radius 1 is 1.03 bits per heavy atom. The molecule has 1 saturated heterocycles. The van der Waals surface area contributed by atoms with Crippen molar-refractivity contribution < 1.29 is 9.53 Å². The minimum absolute atomic E-state index is 0.0768. The van der Waals surface area contributed by atoms with Crippen LogP contribution in [0.5, 0.6) is 5.75 Å². The highest BCUT2D eigenvalue weighted by Crippen LogP contribution is 2.31. The summed E-state index contributed by atoms with van der Waals surface area (Å²) in [6.07, 6.45) is 1.98. The number of aromatic nitrogens is 2. The van der Waals surface area contributed by atoms with Gasteiger partial charge in [-0.3, -0.25) is 4.79 Å². The van der Waals surface area contributed by atoms with E-state index in [4.69, 9.17) is 9.72 Å². The molecule has 0 unspecified atom stereocenters. The first kappa shape index (κ1) is 20.6. The van der Waals surface area contributed by atoms with Crippen molar-refractivity contribution in [1.29, 1.82) is 0 Å². The summed E-state index contributed by atoms with van der Waals surface area (Å²) >= 11 is 0. The Morgan fingerprint density at radius 3 is 2.59 bits per heavy atom. The monoisotopic (exact) mass is 427 g/mol. The number of imidazole rings is 1. The van der Waals surface area contributed by atoms with Crippen LogP contribution >= 0.6 is 0 Å². The van der Waals surface area contributed by atoms with E-state index in [1.165, 1.54) is 5.52 Å². The number of hydrogen-bond donors (Lipinski definition) is 0. The van der Waals surface area contributed by atoms with Gasteiger partial charge in [0.05, 0.1) is 23.2 Å². The number of hydrogen-bond acceptors (Lipinski definition) is 3. The van der Waals surface area contributed by atoms with Crippen molar-refractivity contribution in [2.75, 3.05) is 19.7 Å². The number of fused-ring (bicyclic) bond motifs is 2. The lowest BCUT2D eigenvalue weighted by molar-refractivity contribution is 0.0681. The minimum atomic E-state index is 0.0768. The van der Waals surface area contributed by atoms with Crippen molar-refractivity contribution in [1.82, 2.24) is 14.5 Å². The van der Waals surface area contributed by atoms with Gasteiger partial charge in [0, 0.05) is 19.6 Å². The van der Waals surface area contributed by atoms with E-state index < -0.39 is 0 Å². The number of aryl methyl sites for hydroxylation is 1. The quantitative estimate of drug-likeness (QED) is 0.426. The first-order valence-electron chi connectivity index (χ1n) is 11.5. The second-order valence-corrected chi connectivity index (χ2v) is 8.59. The molecule has 0 aliphatic carbocycles. The summed E-state index contributed by atoms with van der Waals surface area (Å²) in [7, 11) is 0. The third-order valence-electron chi connectivity index (χ3n) is 6.59. The fraction of sp³-hybridized carbons (Fsp3) is 0.333. The van der Waals surface area contributed by atoms with E-state index in [1.54, 1.807) is 0 Å². The van der Waals surface area contributed by atoms with Crippen LogP contribution in [0.1, 0.15) is 35.9 Å². The second-order valence-electron chi connectivity index (χ2n) is 8.59.